The molecule has 1 saturated heterocycles. The van der Waals surface area contributed by atoms with E-state index in [1.54, 1.807) is 37.1 Å². The van der Waals surface area contributed by atoms with E-state index >= 15 is 0 Å². The molecule has 0 aromatic heterocycles. The van der Waals surface area contributed by atoms with Crippen molar-refractivity contribution in [1.82, 2.24) is 14.1 Å². The zero-order valence-corrected chi connectivity index (χ0v) is 23.7. The summed E-state index contributed by atoms with van der Waals surface area (Å²) < 4.78 is 40.6. The predicted octanol–water partition coefficient (Wildman–Crippen LogP) is 2.42. The van der Waals surface area contributed by atoms with E-state index in [4.69, 9.17) is 9.47 Å². The molecule has 0 bridgehead atoms. The fraction of sp³-hybridized carbons (Fsp3) is 0.483. The Morgan fingerprint density at radius 2 is 1.82 bits per heavy atom. The van der Waals surface area contributed by atoms with E-state index in [0.717, 1.165) is 11.1 Å². The topological polar surface area (TPSA) is 99.6 Å². The average molecular weight is 558 g/mol. The molecule has 2 aromatic rings. The maximum absolute atomic E-state index is 13.7. The van der Waals surface area contributed by atoms with Gasteiger partial charge in [0.2, 0.25) is 15.9 Å². The summed E-state index contributed by atoms with van der Waals surface area (Å²) in [5.41, 5.74) is 1.81. The van der Waals surface area contributed by atoms with Crippen LogP contribution in [0.4, 0.5) is 0 Å². The number of rotatable bonds is 8. The van der Waals surface area contributed by atoms with E-state index in [9.17, 15) is 18.3 Å². The van der Waals surface area contributed by atoms with Crippen LogP contribution in [-0.2, 0) is 19.6 Å². The zero-order valence-electron chi connectivity index (χ0n) is 22.9. The summed E-state index contributed by atoms with van der Waals surface area (Å²) in [6, 6.07) is 14.3. The van der Waals surface area contributed by atoms with Crippen LogP contribution in [0.15, 0.2) is 53.4 Å². The summed E-state index contributed by atoms with van der Waals surface area (Å²) in [5.74, 6) is -0.0299. The molecule has 39 heavy (non-hydrogen) atoms. The number of carbonyl (C=O) groups is 1. The molecular formula is C29H39N3O6S. The van der Waals surface area contributed by atoms with Gasteiger partial charge in [-0.25, -0.2) is 8.42 Å². The van der Waals surface area contributed by atoms with Gasteiger partial charge in [-0.15, -0.1) is 0 Å². The van der Waals surface area contributed by atoms with E-state index < -0.39 is 22.2 Å². The summed E-state index contributed by atoms with van der Waals surface area (Å²) in [6.45, 7) is 6.73. The smallest absolute Gasteiger partial charge is 0.247 e. The fourth-order valence-electron chi connectivity index (χ4n) is 4.76. The highest BCUT2D eigenvalue weighted by molar-refractivity contribution is 7.89. The lowest BCUT2D eigenvalue weighted by Crippen LogP contribution is -2.51. The lowest BCUT2D eigenvalue weighted by molar-refractivity contribution is -0.133. The molecule has 0 aliphatic carbocycles. The first kappa shape index (κ1) is 29.2. The van der Waals surface area contributed by atoms with Crippen LogP contribution in [0.25, 0.3) is 12.2 Å². The Bertz CT molecular complexity index is 1250. The van der Waals surface area contributed by atoms with E-state index in [0.29, 0.717) is 39.4 Å². The molecule has 0 radical (unpaired) electrons. The van der Waals surface area contributed by atoms with Crippen LogP contribution in [0.1, 0.15) is 25.0 Å². The Hall–Kier alpha value is -2.76. The number of fused-ring (bicyclic) bond motifs is 1. The summed E-state index contributed by atoms with van der Waals surface area (Å²) in [4.78, 5) is 16.8. The van der Waals surface area contributed by atoms with Crippen LogP contribution < -0.4 is 4.74 Å². The monoisotopic (exact) mass is 557 g/mol. The third-order valence-corrected chi connectivity index (χ3v) is 9.32. The molecule has 1 amide bonds. The number of hydrogen-bond acceptors (Lipinski definition) is 7. The Balaban J connectivity index is 1.62. The van der Waals surface area contributed by atoms with Gasteiger partial charge in [-0.1, -0.05) is 55.5 Å². The minimum absolute atomic E-state index is 0.0252. The minimum atomic E-state index is -3.93. The number of amides is 1. The van der Waals surface area contributed by atoms with Gasteiger partial charge in [-0.2, -0.15) is 4.31 Å². The summed E-state index contributed by atoms with van der Waals surface area (Å²) in [6.07, 6.45) is 3.41. The minimum Gasteiger partial charge on any atom is -0.487 e. The number of morpholine rings is 1. The number of sulfonamides is 1. The molecule has 1 N–H and O–H groups in total. The molecule has 2 aliphatic rings. The number of carbonyl (C=O) groups excluding carboxylic acids is 1. The van der Waals surface area contributed by atoms with Crippen LogP contribution in [0.3, 0.4) is 0 Å². The molecule has 2 aromatic carbocycles. The molecule has 1 fully saturated rings. The van der Waals surface area contributed by atoms with Gasteiger partial charge in [0, 0.05) is 38.6 Å². The van der Waals surface area contributed by atoms with Gasteiger partial charge >= 0.3 is 0 Å². The summed E-state index contributed by atoms with van der Waals surface area (Å²) in [7, 11) is -2.18. The molecule has 2 heterocycles. The standard InChI is InChI=1S/C29H39N3O6S/c1-22-18-32(23(2)21-33)39(35,36)28-12-11-25(10-9-24-7-5-4-6-8-24)17-26(28)38-27(22)19-30(3)29(34)20-31-13-15-37-16-14-31/h4-12,17,22-23,27,33H,13-16,18-21H2,1-3H3/b10-9+/t22-,23+,27-/m1/s1. The van der Waals surface area contributed by atoms with Crippen LogP contribution in [0.5, 0.6) is 5.75 Å². The molecule has 9 nitrogen and oxygen atoms in total. The molecule has 4 rings (SSSR count). The number of likely N-dealkylation sites (N-methyl/N-ethyl adjacent to an activating group) is 1. The Morgan fingerprint density at radius 3 is 2.51 bits per heavy atom. The van der Waals surface area contributed by atoms with E-state index in [2.05, 4.69) is 4.90 Å². The molecule has 3 atom stereocenters. The highest BCUT2D eigenvalue weighted by Crippen LogP contribution is 2.34. The van der Waals surface area contributed by atoms with Crippen LogP contribution in [0.2, 0.25) is 0 Å². The van der Waals surface area contributed by atoms with Crippen LogP contribution in [0, 0.1) is 5.92 Å². The SMILES string of the molecule is C[C@@H]1CN([C@@H](C)CO)S(=O)(=O)c2ccc(/C=C/c3ccccc3)cc2O[C@@H]1CN(C)C(=O)CN1CCOCC1. The summed E-state index contributed by atoms with van der Waals surface area (Å²) >= 11 is 0. The number of aliphatic hydroxyl groups excluding tert-OH is 1. The van der Waals surface area contributed by atoms with Crippen molar-refractivity contribution in [2.45, 2.75) is 30.9 Å². The highest BCUT2D eigenvalue weighted by atomic mass is 32.2. The van der Waals surface area contributed by atoms with E-state index in [1.807, 2.05) is 49.4 Å². The van der Waals surface area contributed by atoms with Crippen molar-refractivity contribution in [3.05, 3.63) is 59.7 Å². The number of ether oxygens (including phenoxy) is 2. The largest absolute Gasteiger partial charge is 0.487 e. The normalized spacial score (nSPS) is 22.9. The molecule has 0 spiro atoms. The second kappa shape index (κ2) is 13.1. The average Bonchev–Trinajstić information content (AvgIpc) is 2.94. The van der Waals surface area contributed by atoms with E-state index in [1.165, 1.54) is 4.31 Å². The predicted molar refractivity (Wildman–Crippen MR) is 151 cm³/mol. The van der Waals surface area contributed by atoms with Crippen molar-refractivity contribution < 1.29 is 27.8 Å². The van der Waals surface area contributed by atoms with Gasteiger partial charge in [0.25, 0.3) is 0 Å². The second-order valence-electron chi connectivity index (χ2n) is 10.4. The highest BCUT2D eigenvalue weighted by Gasteiger charge is 2.38. The first-order chi connectivity index (χ1) is 18.7. The number of hydrogen-bond donors (Lipinski definition) is 1. The van der Waals surface area contributed by atoms with Crippen molar-refractivity contribution >= 4 is 28.1 Å². The first-order valence-electron chi connectivity index (χ1n) is 13.4. The quantitative estimate of drug-likeness (QED) is 0.498. The van der Waals surface area contributed by atoms with Gasteiger partial charge in [-0.05, 0) is 30.2 Å². The number of aliphatic hydroxyl groups is 1. The second-order valence-corrected chi connectivity index (χ2v) is 12.2. The summed E-state index contributed by atoms with van der Waals surface area (Å²) in [5, 5.41) is 9.86. The third-order valence-electron chi connectivity index (χ3n) is 7.30. The van der Waals surface area contributed by atoms with Crippen molar-refractivity contribution in [2.24, 2.45) is 5.92 Å². The number of benzene rings is 2. The van der Waals surface area contributed by atoms with Crippen molar-refractivity contribution in [3.8, 4) is 5.75 Å². The third kappa shape index (κ3) is 7.26. The van der Waals surface area contributed by atoms with E-state index in [-0.39, 0.29) is 35.6 Å². The van der Waals surface area contributed by atoms with Gasteiger partial charge in [0.15, 0.2) is 0 Å². The lowest BCUT2D eigenvalue weighted by Gasteiger charge is -2.38. The molecular weight excluding hydrogens is 518 g/mol. The van der Waals surface area contributed by atoms with Gasteiger partial charge in [0.05, 0.1) is 32.9 Å². The number of nitrogens with zero attached hydrogens (tertiary/aromatic N) is 3. The van der Waals surface area contributed by atoms with Crippen LogP contribution in [-0.4, -0.2) is 105 Å². The van der Waals surface area contributed by atoms with Crippen molar-refractivity contribution in [3.63, 3.8) is 0 Å². The Kier molecular flexibility index (Phi) is 9.79. The molecule has 10 heteroatoms. The van der Waals surface area contributed by atoms with Gasteiger partial charge in [0.1, 0.15) is 16.7 Å². The van der Waals surface area contributed by atoms with Crippen molar-refractivity contribution in [2.75, 3.05) is 59.6 Å². The molecule has 212 valence electrons. The lowest BCUT2D eigenvalue weighted by atomic mass is 10.0. The maximum atomic E-state index is 13.7. The molecule has 0 unspecified atom stereocenters. The Morgan fingerprint density at radius 1 is 1.13 bits per heavy atom. The maximum Gasteiger partial charge on any atom is 0.247 e. The van der Waals surface area contributed by atoms with Crippen LogP contribution >= 0.6 is 0 Å². The fourth-order valence-corrected chi connectivity index (χ4v) is 6.59. The Labute approximate surface area is 231 Å². The van der Waals surface area contributed by atoms with Crippen molar-refractivity contribution in [1.29, 1.82) is 0 Å². The molecule has 0 saturated carbocycles. The first-order valence-corrected chi connectivity index (χ1v) is 14.8. The van der Waals surface area contributed by atoms with Gasteiger partial charge < -0.3 is 19.5 Å². The molecule has 2 aliphatic heterocycles. The zero-order chi connectivity index (χ0) is 28.0. The van der Waals surface area contributed by atoms with Gasteiger partial charge in [-0.3, -0.25) is 9.69 Å².